The summed E-state index contributed by atoms with van der Waals surface area (Å²) in [5.41, 5.74) is 4.45. The number of hydrogen-bond acceptors (Lipinski definition) is 2. The summed E-state index contributed by atoms with van der Waals surface area (Å²) < 4.78 is 5.28. The van der Waals surface area contributed by atoms with E-state index in [0.717, 1.165) is 30.2 Å². The summed E-state index contributed by atoms with van der Waals surface area (Å²) in [5, 5.41) is 0. The topological polar surface area (TPSA) is 26.3 Å². The molecule has 0 aliphatic heterocycles. The molecule has 1 aliphatic rings. The first-order valence-electron chi connectivity index (χ1n) is 11.1. The maximum atomic E-state index is 12.0. The van der Waals surface area contributed by atoms with E-state index in [1.807, 2.05) is 24.3 Å². The lowest BCUT2D eigenvalue weighted by Gasteiger charge is -2.28. The first kappa shape index (κ1) is 20.6. The highest BCUT2D eigenvalue weighted by Gasteiger charge is 2.21. The van der Waals surface area contributed by atoms with Crippen LogP contribution in [0.4, 0.5) is 0 Å². The molecule has 2 aromatic rings. The van der Waals surface area contributed by atoms with Crippen molar-refractivity contribution < 1.29 is 9.53 Å². The zero-order valence-corrected chi connectivity index (χ0v) is 17.5. The van der Waals surface area contributed by atoms with E-state index in [2.05, 4.69) is 38.1 Å². The second kappa shape index (κ2) is 10.5. The number of hydrogen-bond donors (Lipinski definition) is 0. The zero-order chi connectivity index (χ0) is 19.8. The summed E-state index contributed by atoms with van der Waals surface area (Å²) >= 11 is 0. The number of ether oxygens (including phenoxy) is 1. The van der Waals surface area contributed by atoms with Crippen LogP contribution >= 0.6 is 0 Å². The average molecular weight is 379 g/mol. The van der Waals surface area contributed by atoms with Crippen molar-refractivity contribution in [2.75, 3.05) is 6.61 Å². The summed E-state index contributed by atoms with van der Waals surface area (Å²) in [4.78, 5) is 12.0. The van der Waals surface area contributed by atoms with Gasteiger partial charge in [0.1, 0.15) is 0 Å². The molecule has 0 atom stereocenters. The molecule has 1 aliphatic carbocycles. The van der Waals surface area contributed by atoms with E-state index < -0.39 is 0 Å². The molecule has 0 aromatic heterocycles. The van der Waals surface area contributed by atoms with Crippen LogP contribution in [0, 0.1) is 5.92 Å². The van der Waals surface area contributed by atoms with Gasteiger partial charge in [-0.15, -0.1) is 0 Å². The molecule has 0 bridgehead atoms. The van der Waals surface area contributed by atoms with Crippen molar-refractivity contribution in [3.8, 4) is 11.1 Å². The number of benzene rings is 2. The van der Waals surface area contributed by atoms with Crippen molar-refractivity contribution in [3.05, 3.63) is 59.7 Å². The fourth-order valence-electron chi connectivity index (χ4n) is 4.33. The van der Waals surface area contributed by atoms with E-state index in [4.69, 9.17) is 4.74 Å². The maximum absolute atomic E-state index is 12.0. The van der Waals surface area contributed by atoms with Crippen molar-refractivity contribution in [3.63, 3.8) is 0 Å². The molecule has 2 aromatic carbocycles. The van der Waals surface area contributed by atoms with Crippen LogP contribution in [0.1, 0.15) is 87.1 Å². The molecule has 2 nitrogen and oxygen atoms in total. The third-order valence-electron chi connectivity index (χ3n) is 6.11. The Balaban J connectivity index is 1.58. The lowest BCUT2D eigenvalue weighted by molar-refractivity contribution is 0.0500. The summed E-state index contributed by atoms with van der Waals surface area (Å²) in [7, 11) is 0. The minimum Gasteiger partial charge on any atom is -0.462 e. The molecule has 0 heterocycles. The first-order chi connectivity index (χ1) is 13.7. The highest BCUT2D eigenvalue weighted by Crippen LogP contribution is 2.38. The van der Waals surface area contributed by atoms with Crippen molar-refractivity contribution in [2.45, 2.75) is 71.1 Å². The van der Waals surface area contributed by atoms with Gasteiger partial charge in [-0.3, -0.25) is 0 Å². The summed E-state index contributed by atoms with van der Waals surface area (Å²) in [6.45, 7) is 4.89. The van der Waals surface area contributed by atoms with Gasteiger partial charge in [0.25, 0.3) is 0 Å². The van der Waals surface area contributed by atoms with Crippen molar-refractivity contribution >= 4 is 5.97 Å². The Morgan fingerprint density at radius 3 is 2.04 bits per heavy atom. The Hall–Kier alpha value is -2.09. The number of rotatable bonds is 8. The largest absolute Gasteiger partial charge is 0.462 e. The minimum atomic E-state index is -0.228. The molecular formula is C26H34O2. The van der Waals surface area contributed by atoms with E-state index in [1.54, 1.807) is 0 Å². The van der Waals surface area contributed by atoms with E-state index in [0.29, 0.717) is 12.2 Å². The molecular weight excluding hydrogens is 344 g/mol. The van der Waals surface area contributed by atoms with Gasteiger partial charge in [0, 0.05) is 0 Å². The van der Waals surface area contributed by atoms with Crippen molar-refractivity contribution in [2.24, 2.45) is 5.92 Å². The molecule has 150 valence electrons. The third-order valence-corrected chi connectivity index (χ3v) is 6.11. The number of unbranched alkanes of at least 4 members (excludes halogenated alkanes) is 1. The number of esters is 1. The average Bonchev–Trinajstić information content (AvgIpc) is 2.75. The van der Waals surface area contributed by atoms with Crippen LogP contribution in [0.3, 0.4) is 0 Å². The standard InChI is InChI=1S/C26H34O2/c1-3-5-19-28-26(27)25-17-15-24(16-18-25)23-13-11-22(12-14-23)21-9-7-20(6-4-2)8-10-21/h11-18,20-21H,3-10,19H2,1-2H3. The van der Waals surface area contributed by atoms with Crippen LogP contribution in [-0.2, 0) is 4.74 Å². The molecule has 0 unspecified atom stereocenters. The van der Waals surface area contributed by atoms with Gasteiger partial charge < -0.3 is 4.74 Å². The van der Waals surface area contributed by atoms with Gasteiger partial charge in [0.2, 0.25) is 0 Å². The van der Waals surface area contributed by atoms with Crippen LogP contribution in [0.2, 0.25) is 0 Å². The maximum Gasteiger partial charge on any atom is 0.338 e. The fourth-order valence-corrected chi connectivity index (χ4v) is 4.33. The quantitative estimate of drug-likeness (QED) is 0.354. The van der Waals surface area contributed by atoms with Crippen molar-refractivity contribution in [1.29, 1.82) is 0 Å². The zero-order valence-electron chi connectivity index (χ0n) is 17.5. The summed E-state index contributed by atoms with van der Waals surface area (Å²) in [6.07, 6.45) is 10.1. The molecule has 3 rings (SSSR count). The van der Waals surface area contributed by atoms with Crippen LogP contribution in [0.25, 0.3) is 11.1 Å². The predicted molar refractivity (Wildman–Crippen MR) is 117 cm³/mol. The molecule has 0 N–H and O–H groups in total. The Morgan fingerprint density at radius 2 is 1.46 bits per heavy atom. The van der Waals surface area contributed by atoms with Crippen LogP contribution in [0.15, 0.2) is 48.5 Å². The van der Waals surface area contributed by atoms with Crippen LogP contribution < -0.4 is 0 Å². The Labute approximate surface area is 170 Å². The molecule has 0 spiro atoms. The van der Waals surface area contributed by atoms with Crippen molar-refractivity contribution in [1.82, 2.24) is 0 Å². The van der Waals surface area contributed by atoms with Gasteiger partial charge in [-0.05, 0) is 72.8 Å². The Kier molecular flexibility index (Phi) is 7.71. The summed E-state index contributed by atoms with van der Waals surface area (Å²) in [5.74, 6) is 1.45. The van der Waals surface area contributed by atoms with E-state index in [9.17, 15) is 4.79 Å². The molecule has 0 saturated heterocycles. The third kappa shape index (κ3) is 5.47. The normalized spacial score (nSPS) is 19.4. The Morgan fingerprint density at radius 1 is 0.857 bits per heavy atom. The van der Waals surface area contributed by atoms with Crippen LogP contribution in [-0.4, -0.2) is 12.6 Å². The smallest absolute Gasteiger partial charge is 0.338 e. The molecule has 2 heteroatoms. The number of carbonyl (C=O) groups excluding carboxylic acids is 1. The second-order valence-corrected chi connectivity index (χ2v) is 8.20. The SMILES string of the molecule is CCCCOC(=O)c1ccc(-c2ccc(C3CCC(CCC)CC3)cc2)cc1. The molecule has 1 saturated carbocycles. The molecule has 0 radical (unpaired) electrons. The van der Waals surface area contributed by atoms with E-state index in [-0.39, 0.29) is 5.97 Å². The van der Waals surface area contributed by atoms with Gasteiger partial charge in [0.05, 0.1) is 12.2 Å². The molecule has 0 amide bonds. The highest BCUT2D eigenvalue weighted by atomic mass is 16.5. The molecule has 1 fully saturated rings. The van der Waals surface area contributed by atoms with Crippen LogP contribution in [0.5, 0.6) is 0 Å². The van der Waals surface area contributed by atoms with Gasteiger partial charge in [-0.25, -0.2) is 4.79 Å². The minimum absolute atomic E-state index is 0.228. The van der Waals surface area contributed by atoms with E-state index >= 15 is 0 Å². The van der Waals surface area contributed by atoms with Gasteiger partial charge in [0.15, 0.2) is 0 Å². The lowest BCUT2D eigenvalue weighted by Crippen LogP contribution is -2.13. The fraction of sp³-hybridized carbons (Fsp3) is 0.500. The second-order valence-electron chi connectivity index (χ2n) is 8.20. The molecule has 28 heavy (non-hydrogen) atoms. The lowest BCUT2D eigenvalue weighted by atomic mass is 9.77. The monoisotopic (exact) mass is 378 g/mol. The highest BCUT2D eigenvalue weighted by molar-refractivity contribution is 5.90. The van der Waals surface area contributed by atoms with Gasteiger partial charge >= 0.3 is 5.97 Å². The Bertz CT molecular complexity index is 722. The summed E-state index contributed by atoms with van der Waals surface area (Å²) in [6, 6.07) is 16.8. The van der Waals surface area contributed by atoms with E-state index in [1.165, 1.54) is 49.7 Å². The first-order valence-corrected chi connectivity index (χ1v) is 11.1. The predicted octanol–water partition coefficient (Wildman–Crippen LogP) is 7.38. The number of carbonyl (C=O) groups is 1. The van der Waals surface area contributed by atoms with Gasteiger partial charge in [-0.2, -0.15) is 0 Å². The van der Waals surface area contributed by atoms with Gasteiger partial charge in [-0.1, -0.05) is 69.5 Å².